The first-order chi connectivity index (χ1) is 9.50. The molecule has 0 radical (unpaired) electrons. The third-order valence-electron chi connectivity index (χ3n) is 4.13. The van der Waals surface area contributed by atoms with Gasteiger partial charge in [-0.1, -0.05) is 12.8 Å². The Morgan fingerprint density at radius 2 is 2.10 bits per heavy atom. The quantitative estimate of drug-likeness (QED) is 0.850. The molecule has 1 fully saturated rings. The number of hydrogen-bond acceptors (Lipinski definition) is 3. The minimum Gasteiger partial charge on any atom is -0.335 e. The van der Waals surface area contributed by atoms with Crippen LogP contribution >= 0.6 is 0 Å². The molecule has 110 valence electrons. The van der Waals surface area contributed by atoms with Crippen molar-refractivity contribution in [3.63, 3.8) is 0 Å². The summed E-state index contributed by atoms with van der Waals surface area (Å²) in [4.78, 5) is 26.1. The summed E-state index contributed by atoms with van der Waals surface area (Å²) >= 11 is 0. The monoisotopic (exact) mass is 277 g/mol. The molecule has 1 aromatic rings. The van der Waals surface area contributed by atoms with Crippen molar-refractivity contribution in [2.45, 2.75) is 52.0 Å². The lowest BCUT2D eigenvalue weighted by molar-refractivity contribution is -0.118. The fraction of sp³-hybridized carbons (Fsp3) is 0.667. The van der Waals surface area contributed by atoms with E-state index in [4.69, 9.17) is 0 Å². The van der Waals surface area contributed by atoms with Gasteiger partial charge in [0.05, 0.1) is 11.8 Å². The van der Waals surface area contributed by atoms with Crippen molar-refractivity contribution in [2.24, 2.45) is 7.05 Å². The zero-order valence-corrected chi connectivity index (χ0v) is 12.6. The Kier molecular flexibility index (Phi) is 4.57. The van der Waals surface area contributed by atoms with E-state index in [1.165, 1.54) is 0 Å². The Morgan fingerprint density at radius 1 is 1.35 bits per heavy atom. The van der Waals surface area contributed by atoms with E-state index >= 15 is 0 Å². The first kappa shape index (κ1) is 14.8. The Morgan fingerprint density at radius 3 is 2.70 bits per heavy atom. The fourth-order valence-electron chi connectivity index (χ4n) is 2.85. The van der Waals surface area contributed by atoms with E-state index in [9.17, 15) is 9.59 Å². The summed E-state index contributed by atoms with van der Waals surface area (Å²) in [7, 11) is 1.83. The van der Waals surface area contributed by atoms with Crippen LogP contribution in [0.1, 0.15) is 55.1 Å². The number of hydrogen-bond donors (Lipinski definition) is 0. The number of nitrogens with zero attached hydrogens (tertiary/aromatic N) is 3. The van der Waals surface area contributed by atoms with Crippen molar-refractivity contribution in [1.29, 1.82) is 0 Å². The molecule has 1 aromatic heterocycles. The van der Waals surface area contributed by atoms with Crippen LogP contribution in [0.4, 0.5) is 0 Å². The van der Waals surface area contributed by atoms with Gasteiger partial charge in [-0.2, -0.15) is 5.10 Å². The molecule has 0 bridgehead atoms. The molecule has 5 heteroatoms. The van der Waals surface area contributed by atoms with Crippen molar-refractivity contribution in [1.82, 2.24) is 14.7 Å². The normalized spacial score (nSPS) is 19.8. The Balaban J connectivity index is 2.23. The summed E-state index contributed by atoms with van der Waals surface area (Å²) in [5, 5.41) is 4.14. The molecule has 1 aliphatic rings. The van der Waals surface area contributed by atoms with Crippen LogP contribution in [0.3, 0.4) is 0 Å². The molecule has 2 heterocycles. The van der Waals surface area contributed by atoms with Crippen LogP contribution in [0.2, 0.25) is 0 Å². The molecule has 20 heavy (non-hydrogen) atoms. The Bertz CT molecular complexity index is 507. The highest BCUT2D eigenvalue weighted by atomic mass is 16.2. The molecule has 0 N–H and O–H groups in total. The molecule has 0 saturated carbocycles. The number of aromatic nitrogens is 2. The number of ketones is 1. The predicted molar refractivity (Wildman–Crippen MR) is 76.5 cm³/mol. The lowest BCUT2D eigenvalue weighted by atomic mass is 10.0. The molecule has 2 rings (SSSR count). The zero-order chi connectivity index (χ0) is 14.7. The highest BCUT2D eigenvalue weighted by molar-refractivity contribution is 5.95. The minimum absolute atomic E-state index is 0.0174. The van der Waals surface area contributed by atoms with Gasteiger partial charge in [0, 0.05) is 31.7 Å². The van der Waals surface area contributed by atoms with Gasteiger partial charge in [-0.25, -0.2) is 0 Å². The molecule has 0 aliphatic carbocycles. The number of rotatable bonds is 3. The van der Waals surface area contributed by atoms with Crippen LogP contribution in [0, 0.1) is 6.92 Å². The molecule has 1 saturated heterocycles. The second-order valence-electron chi connectivity index (χ2n) is 5.68. The molecule has 0 spiro atoms. The molecule has 1 aliphatic heterocycles. The SMILES string of the molecule is CC(=O)CC1CCCCCN1C(=O)c1cnn(C)c1C. The maximum Gasteiger partial charge on any atom is 0.257 e. The zero-order valence-electron chi connectivity index (χ0n) is 12.6. The van der Waals surface area contributed by atoms with Gasteiger partial charge < -0.3 is 4.90 Å². The van der Waals surface area contributed by atoms with Gasteiger partial charge in [0.1, 0.15) is 5.78 Å². The smallest absolute Gasteiger partial charge is 0.257 e. The Labute approximate surface area is 119 Å². The number of aryl methyl sites for hydroxylation is 1. The molecule has 1 atom stereocenters. The largest absolute Gasteiger partial charge is 0.335 e. The first-order valence-corrected chi connectivity index (χ1v) is 7.29. The van der Waals surface area contributed by atoms with Crippen molar-refractivity contribution in [2.75, 3.05) is 6.54 Å². The van der Waals surface area contributed by atoms with Crippen LogP contribution in [-0.4, -0.2) is 39.0 Å². The summed E-state index contributed by atoms with van der Waals surface area (Å²) in [5.41, 5.74) is 1.53. The van der Waals surface area contributed by atoms with Gasteiger partial charge in [-0.15, -0.1) is 0 Å². The summed E-state index contributed by atoms with van der Waals surface area (Å²) in [6.07, 6.45) is 6.25. The standard InChI is InChI=1S/C15H23N3O2/c1-11(19)9-13-7-5-4-6-8-18(13)15(20)14-10-16-17(3)12(14)2/h10,13H,4-9H2,1-3H3. The van der Waals surface area contributed by atoms with Crippen molar-refractivity contribution in [3.8, 4) is 0 Å². The topological polar surface area (TPSA) is 55.2 Å². The van der Waals surface area contributed by atoms with E-state index < -0.39 is 0 Å². The lowest BCUT2D eigenvalue weighted by Crippen LogP contribution is -2.41. The number of carbonyl (C=O) groups excluding carboxylic acids is 2. The summed E-state index contributed by atoms with van der Waals surface area (Å²) in [6.45, 7) is 4.24. The first-order valence-electron chi connectivity index (χ1n) is 7.29. The van der Waals surface area contributed by atoms with E-state index in [1.54, 1.807) is 17.8 Å². The van der Waals surface area contributed by atoms with Crippen LogP contribution in [0.25, 0.3) is 0 Å². The van der Waals surface area contributed by atoms with Crippen LogP contribution in [-0.2, 0) is 11.8 Å². The van der Waals surface area contributed by atoms with E-state index in [2.05, 4.69) is 5.10 Å². The minimum atomic E-state index is 0.0174. The van der Waals surface area contributed by atoms with Gasteiger partial charge in [-0.3, -0.25) is 14.3 Å². The van der Waals surface area contributed by atoms with Crippen molar-refractivity contribution in [3.05, 3.63) is 17.5 Å². The fourth-order valence-corrected chi connectivity index (χ4v) is 2.85. The van der Waals surface area contributed by atoms with Gasteiger partial charge in [0.2, 0.25) is 0 Å². The van der Waals surface area contributed by atoms with Crippen LogP contribution in [0.5, 0.6) is 0 Å². The molecule has 1 unspecified atom stereocenters. The number of carbonyl (C=O) groups is 2. The lowest BCUT2D eigenvalue weighted by Gasteiger charge is -2.29. The average Bonchev–Trinajstić information content (AvgIpc) is 2.61. The van der Waals surface area contributed by atoms with Crippen molar-refractivity contribution < 1.29 is 9.59 Å². The predicted octanol–water partition coefficient (Wildman–Crippen LogP) is 2.09. The second-order valence-corrected chi connectivity index (χ2v) is 5.68. The molecular formula is C15H23N3O2. The third kappa shape index (κ3) is 3.08. The molecule has 5 nitrogen and oxygen atoms in total. The summed E-state index contributed by atoms with van der Waals surface area (Å²) in [5.74, 6) is 0.168. The highest BCUT2D eigenvalue weighted by Gasteiger charge is 2.28. The van der Waals surface area contributed by atoms with E-state index in [0.29, 0.717) is 12.0 Å². The maximum absolute atomic E-state index is 12.7. The maximum atomic E-state index is 12.7. The Hall–Kier alpha value is -1.65. The molecular weight excluding hydrogens is 254 g/mol. The van der Waals surface area contributed by atoms with E-state index in [-0.39, 0.29) is 17.7 Å². The molecule has 0 aromatic carbocycles. The van der Waals surface area contributed by atoms with Crippen LogP contribution in [0.15, 0.2) is 6.20 Å². The van der Waals surface area contributed by atoms with Crippen LogP contribution < -0.4 is 0 Å². The third-order valence-corrected chi connectivity index (χ3v) is 4.13. The van der Waals surface area contributed by atoms with Gasteiger partial charge in [0.15, 0.2) is 0 Å². The van der Waals surface area contributed by atoms with Crippen molar-refractivity contribution >= 4 is 11.7 Å². The summed E-state index contributed by atoms with van der Waals surface area (Å²) in [6, 6.07) is 0.0436. The van der Waals surface area contributed by atoms with Gasteiger partial charge in [0.25, 0.3) is 5.91 Å². The second kappa shape index (κ2) is 6.20. The van der Waals surface area contributed by atoms with Gasteiger partial charge in [-0.05, 0) is 26.7 Å². The number of amides is 1. The van der Waals surface area contributed by atoms with E-state index in [0.717, 1.165) is 37.9 Å². The number of Topliss-reactive ketones (excluding diaryl/α,β-unsaturated/α-hetero) is 1. The number of likely N-dealkylation sites (tertiary alicyclic amines) is 1. The highest BCUT2D eigenvalue weighted by Crippen LogP contribution is 2.22. The van der Waals surface area contributed by atoms with E-state index in [1.807, 2.05) is 18.9 Å². The average molecular weight is 277 g/mol. The molecule has 1 amide bonds. The summed E-state index contributed by atoms with van der Waals surface area (Å²) < 4.78 is 1.71. The van der Waals surface area contributed by atoms with Gasteiger partial charge >= 0.3 is 0 Å².